The minimum atomic E-state index is 0.359. The van der Waals surface area contributed by atoms with Gasteiger partial charge in [0, 0.05) is 4.90 Å². The highest BCUT2D eigenvalue weighted by Crippen LogP contribution is 2.32. The lowest BCUT2D eigenvalue weighted by molar-refractivity contribution is -0.777. The quantitative estimate of drug-likeness (QED) is 0.474. The van der Waals surface area contributed by atoms with Gasteiger partial charge in [-0.25, -0.2) is 0 Å². The Labute approximate surface area is 104 Å². The highest BCUT2D eigenvalue weighted by atomic mass is 32.2. The maximum Gasteiger partial charge on any atom is 0.0677 e. The van der Waals surface area contributed by atoms with E-state index in [0.717, 1.165) is 27.9 Å². The van der Waals surface area contributed by atoms with Gasteiger partial charge in [-0.05, 0) is 34.4 Å². The number of rotatable bonds is 4. The van der Waals surface area contributed by atoms with Gasteiger partial charge in [-0.2, -0.15) is 4.33 Å². The fraction of sp³-hybridized carbons (Fsp3) is 0.231. The summed E-state index contributed by atoms with van der Waals surface area (Å²) in [6.45, 7) is 4.21. The molecule has 4 heteroatoms. The monoisotopic (exact) mass is 249 g/mol. The molecule has 0 heterocycles. The van der Waals surface area contributed by atoms with E-state index >= 15 is 0 Å². The van der Waals surface area contributed by atoms with Crippen LogP contribution in [-0.4, -0.2) is 0 Å². The van der Waals surface area contributed by atoms with E-state index in [1.807, 2.05) is 24.3 Å². The van der Waals surface area contributed by atoms with Crippen molar-refractivity contribution in [2.24, 2.45) is 0 Å². The highest BCUT2D eigenvalue weighted by Gasteiger charge is 2.09. The van der Waals surface area contributed by atoms with E-state index < -0.39 is 0 Å². The van der Waals surface area contributed by atoms with Crippen LogP contribution in [0.4, 0.5) is 0 Å². The molecule has 0 radical (unpaired) electrons. The molecule has 0 aliphatic rings. The third-order valence-electron chi connectivity index (χ3n) is 2.65. The Morgan fingerprint density at radius 1 is 1.12 bits per heavy atom. The molecule has 0 saturated heterocycles. The van der Waals surface area contributed by atoms with Gasteiger partial charge in [0.05, 0.1) is 12.0 Å². The van der Waals surface area contributed by atoms with Crippen LogP contribution in [0.1, 0.15) is 25.3 Å². The molecule has 0 aromatic heterocycles. The SMILES string of the molecule is CC(C)c1cc2ccccc2cc1SOO[O-]. The average Bonchev–Trinajstić information content (AvgIpc) is 2.35. The smallest absolute Gasteiger partial charge is 0.0677 e. The molecule has 0 spiro atoms. The summed E-state index contributed by atoms with van der Waals surface area (Å²) in [5.74, 6) is 0.359. The van der Waals surface area contributed by atoms with Crippen molar-refractivity contribution in [1.82, 2.24) is 0 Å². The Hall–Kier alpha value is -1.07. The Bertz CT molecular complexity index is 511. The summed E-state index contributed by atoms with van der Waals surface area (Å²) in [4.78, 5) is 0.912. The van der Waals surface area contributed by atoms with Gasteiger partial charge in [0.1, 0.15) is 0 Å². The van der Waals surface area contributed by atoms with E-state index in [4.69, 9.17) is 0 Å². The molecule has 0 N–H and O–H groups in total. The first kappa shape index (κ1) is 12.4. The van der Waals surface area contributed by atoms with Crippen molar-refractivity contribution >= 4 is 22.8 Å². The number of hydrogen-bond donors (Lipinski definition) is 0. The molecule has 3 nitrogen and oxygen atoms in total. The van der Waals surface area contributed by atoms with Crippen LogP contribution in [0.5, 0.6) is 0 Å². The van der Waals surface area contributed by atoms with Gasteiger partial charge < -0.3 is 5.26 Å². The van der Waals surface area contributed by atoms with E-state index in [1.54, 1.807) is 0 Å². The zero-order chi connectivity index (χ0) is 12.3. The molecule has 0 aliphatic heterocycles. The average molecular weight is 249 g/mol. The van der Waals surface area contributed by atoms with Gasteiger partial charge in [-0.1, -0.05) is 38.1 Å². The molecule has 0 amide bonds. The van der Waals surface area contributed by atoms with Gasteiger partial charge in [-0.3, -0.25) is 5.04 Å². The second-order valence-corrected chi connectivity index (χ2v) is 4.85. The van der Waals surface area contributed by atoms with Crippen molar-refractivity contribution < 1.29 is 14.6 Å². The normalized spacial score (nSPS) is 11.3. The van der Waals surface area contributed by atoms with Crippen molar-refractivity contribution in [3.05, 3.63) is 42.0 Å². The predicted molar refractivity (Wildman–Crippen MR) is 66.1 cm³/mol. The van der Waals surface area contributed by atoms with Gasteiger partial charge >= 0.3 is 0 Å². The minimum Gasteiger partial charge on any atom is -0.691 e. The molecule has 0 atom stereocenters. The fourth-order valence-electron chi connectivity index (χ4n) is 1.81. The van der Waals surface area contributed by atoms with E-state index in [2.05, 4.69) is 35.4 Å². The summed E-state index contributed by atoms with van der Waals surface area (Å²) in [7, 11) is 0. The van der Waals surface area contributed by atoms with E-state index in [0.29, 0.717) is 5.92 Å². The van der Waals surface area contributed by atoms with Gasteiger partial charge in [0.25, 0.3) is 0 Å². The van der Waals surface area contributed by atoms with Crippen LogP contribution in [0.25, 0.3) is 10.8 Å². The maximum atomic E-state index is 9.90. The van der Waals surface area contributed by atoms with Gasteiger partial charge in [0.15, 0.2) is 0 Å². The van der Waals surface area contributed by atoms with Crippen molar-refractivity contribution in [3.8, 4) is 0 Å². The minimum absolute atomic E-state index is 0.359. The van der Waals surface area contributed by atoms with Crippen LogP contribution in [-0.2, 0) is 9.37 Å². The predicted octanol–water partition coefficient (Wildman–Crippen LogP) is 3.19. The molecule has 0 aliphatic carbocycles. The lowest BCUT2D eigenvalue weighted by Crippen LogP contribution is -2.01. The topological polar surface area (TPSA) is 41.5 Å². The molecule has 90 valence electrons. The summed E-state index contributed by atoms with van der Waals surface area (Å²) in [6, 6.07) is 12.2. The molecule has 0 saturated carbocycles. The maximum absolute atomic E-state index is 9.90. The zero-order valence-corrected chi connectivity index (χ0v) is 10.5. The van der Waals surface area contributed by atoms with Gasteiger partial charge in [0.2, 0.25) is 0 Å². The lowest BCUT2D eigenvalue weighted by atomic mass is 9.99. The van der Waals surface area contributed by atoms with E-state index in [1.165, 1.54) is 5.39 Å². The number of benzene rings is 2. The Balaban J connectivity index is 2.50. The van der Waals surface area contributed by atoms with Crippen molar-refractivity contribution in [3.63, 3.8) is 0 Å². The van der Waals surface area contributed by atoms with Crippen LogP contribution in [0.3, 0.4) is 0 Å². The molecule has 2 aromatic rings. The van der Waals surface area contributed by atoms with Gasteiger partial charge in [-0.15, -0.1) is 0 Å². The second kappa shape index (κ2) is 5.51. The van der Waals surface area contributed by atoms with Crippen LogP contribution < -0.4 is 5.26 Å². The van der Waals surface area contributed by atoms with Crippen LogP contribution >= 0.6 is 12.0 Å². The fourth-order valence-corrected chi connectivity index (χ4v) is 2.48. The zero-order valence-electron chi connectivity index (χ0n) is 9.67. The Morgan fingerprint density at radius 3 is 2.35 bits per heavy atom. The van der Waals surface area contributed by atoms with E-state index in [9.17, 15) is 5.26 Å². The Kier molecular flexibility index (Phi) is 4.02. The summed E-state index contributed by atoms with van der Waals surface area (Å²) in [6.07, 6.45) is 0. The third kappa shape index (κ3) is 2.79. The highest BCUT2D eigenvalue weighted by molar-refractivity contribution is 7.94. The van der Waals surface area contributed by atoms with Crippen molar-refractivity contribution in [1.29, 1.82) is 0 Å². The molecule has 2 aromatic carbocycles. The summed E-state index contributed by atoms with van der Waals surface area (Å²) >= 11 is 0.955. The molecule has 0 fully saturated rings. The molecule has 0 bridgehead atoms. The number of fused-ring (bicyclic) bond motifs is 1. The standard InChI is InChI=1S/C13H14O3S/c1-9(2)12-7-10-5-3-4-6-11(10)8-13(12)17-16-15-14/h3-9,14H,1-2H3/p-1. The summed E-state index contributed by atoms with van der Waals surface area (Å²) in [5, 5.41) is 15.6. The van der Waals surface area contributed by atoms with E-state index in [-0.39, 0.29) is 0 Å². The van der Waals surface area contributed by atoms with Crippen LogP contribution in [0.15, 0.2) is 41.3 Å². The second-order valence-electron chi connectivity index (χ2n) is 4.11. The third-order valence-corrected chi connectivity index (χ3v) is 3.31. The van der Waals surface area contributed by atoms with Crippen LogP contribution in [0, 0.1) is 0 Å². The lowest BCUT2D eigenvalue weighted by Gasteiger charge is -2.13. The molecule has 0 unspecified atom stereocenters. The van der Waals surface area contributed by atoms with Crippen molar-refractivity contribution in [2.45, 2.75) is 24.7 Å². The summed E-state index contributed by atoms with van der Waals surface area (Å²) < 4.78 is 4.42. The first-order valence-corrected chi connectivity index (χ1v) is 6.12. The molecular weight excluding hydrogens is 236 g/mol. The largest absolute Gasteiger partial charge is 0.691 e. The first-order chi connectivity index (χ1) is 8.22. The first-order valence-electron chi connectivity index (χ1n) is 5.38. The Morgan fingerprint density at radius 2 is 1.76 bits per heavy atom. The molecule has 2 rings (SSSR count). The summed E-state index contributed by atoms with van der Waals surface area (Å²) in [5.41, 5.74) is 1.14. The van der Waals surface area contributed by atoms with Crippen molar-refractivity contribution in [2.75, 3.05) is 0 Å². The molecule has 17 heavy (non-hydrogen) atoms. The molecular formula is C13H13O3S-. The number of hydrogen-bond acceptors (Lipinski definition) is 4. The van der Waals surface area contributed by atoms with Crippen LogP contribution in [0.2, 0.25) is 0 Å².